The van der Waals surface area contributed by atoms with Crippen molar-refractivity contribution in [3.8, 4) is 17.2 Å². The zero-order chi connectivity index (χ0) is 16.9. The van der Waals surface area contributed by atoms with Crippen molar-refractivity contribution in [2.24, 2.45) is 0 Å². The van der Waals surface area contributed by atoms with Gasteiger partial charge in [0.25, 0.3) is 5.91 Å². The molecule has 0 bridgehead atoms. The van der Waals surface area contributed by atoms with Crippen molar-refractivity contribution in [1.29, 1.82) is 0 Å². The normalized spacial score (nSPS) is 17.0. The van der Waals surface area contributed by atoms with Crippen LogP contribution >= 0.6 is 0 Å². The molecule has 5 nitrogen and oxygen atoms in total. The number of ether oxygens (including phenoxy) is 3. The first-order valence-electron chi connectivity index (χ1n) is 8.01. The summed E-state index contributed by atoms with van der Waals surface area (Å²) in [7, 11) is 0. The topological polar surface area (TPSA) is 56.8 Å². The summed E-state index contributed by atoms with van der Waals surface area (Å²) in [6.07, 6.45) is -0.652. The van der Waals surface area contributed by atoms with Gasteiger partial charge in [-0.05, 0) is 37.6 Å². The minimum absolute atomic E-state index is 0.141. The summed E-state index contributed by atoms with van der Waals surface area (Å²) in [5.41, 5.74) is 1.07. The van der Waals surface area contributed by atoms with Crippen LogP contribution in [-0.2, 0) is 4.79 Å². The Kier molecular flexibility index (Phi) is 4.89. The van der Waals surface area contributed by atoms with E-state index < -0.39 is 6.10 Å². The van der Waals surface area contributed by atoms with Gasteiger partial charge in [0, 0.05) is 0 Å². The summed E-state index contributed by atoms with van der Waals surface area (Å²) in [4.78, 5) is 12.3. The lowest BCUT2D eigenvalue weighted by molar-refractivity contribution is -0.131. The summed E-state index contributed by atoms with van der Waals surface area (Å²) in [5.74, 6) is 1.88. The molecule has 0 aliphatic carbocycles. The lowest BCUT2D eigenvalue weighted by Gasteiger charge is -2.26. The third kappa shape index (κ3) is 3.79. The molecule has 1 aliphatic rings. The standard InChI is InChI=1S/C19H21NO4/c1-13-7-3-4-8-15(13)22-11-14(2)20-19(21)18-12-23-16-9-5-6-10-17(16)24-18/h3-10,14,18H,11-12H2,1-2H3,(H,20,21)/t14-,18-/m0/s1. The average Bonchev–Trinajstić information content (AvgIpc) is 2.60. The van der Waals surface area contributed by atoms with E-state index in [9.17, 15) is 4.79 Å². The lowest BCUT2D eigenvalue weighted by Crippen LogP contribution is -2.48. The van der Waals surface area contributed by atoms with E-state index in [0.29, 0.717) is 18.1 Å². The zero-order valence-electron chi connectivity index (χ0n) is 13.8. The van der Waals surface area contributed by atoms with Crippen molar-refractivity contribution >= 4 is 5.91 Å². The number of benzene rings is 2. The molecular formula is C19H21NO4. The summed E-state index contributed by atoms with van der Waals surface area (Å²) in [5, 5.41) is 2.90. The second kappa shape index (κ2) is 7.25. The van der Waals surface area contributed by atoms with E-state index in [1.165, 1.54) is 0 Å². The van der Waals surface area contributed by atoms with Crippen molar-refractivity contribution in [2.75, 3.05) is 13.2 Å². The van der Waals surface area contributed by atoms with Crippen LogP contribution in [0, 0.1) is 6.92 Å². The van der Waals surface area contributed by atoms with Gasteiger partial charge in [-0.25, -0.2) is 0 Å². The van der Waals surface area contributed by atoms with E-state index >= 15 is 0 Å². The Morgan fingerprint density at radius 1 is 1.21 bits per heavy atom. The SMILES string of the molecule is Cc1ccccc1OC[C@H](C)NC(=O)[C@@H]1COc2ccccc2O1. The van der Waals surface area contributed by atoms with Crippen LogP contribution in [0.5, 0.6) is 17.2 Å². The largest absolute Gasteiger partial charge is 0.491 e. The average molecular weight is 327 g/mol. The lowest BCUT2D eigenvalue weighted by atomic mass is 10.2. The number of hydrogen-bond donors (Lipinski definition) is 1. The van der Waals surface area contributed by atoms with Gasteiger partial charge in [0.15, 0.2) is 11.5 Å². The molecule has 0 fully saturated rings. The smallest absolute Gasteiger partial charge is 0.265 e. The predicted molar refractivity (Wildman–Crippen MR) is 90.6 cm³/mol. The summed E-state index contributed by atoms with van der Waals surface area (Å²) >= 11 is 0. The van der Waals surface area contributed by atoms with Gasteiger partial charge in [0.1, 0.15) is 19.0 Å². The Hall–Kier alpha value is -2.69. The minimum Gasteiger partial charge on any atom is -0.491 e. The molecule has 3 rings (SSSR count). The second-order valence-corrected chi connectivity index (χ2v) is 5.85. The first kappa shape index (κ1) is 16.2. The van der Waals surface area contributed by atoms with Gasteiger partial charge >= 0.3 is 0 Å². The maximum Gasteiger partial charge on any atom is 0.265 e. The predicted octanol–water partition coefficient (Wildman–Crippen LogP) is 2.72. The fraction of sp³-hybridized carbons (Fsp3) is 0.316. The number of rotatable bonds is 5. The van der Waals surface area contributed by atoms with E-state index in [1.54, 1.807) is 6.07 Å². The first-order chi connectivity index (χ1) is 11.6. The maximum absolute atomic E-state index is 12.3. The molecule has 1 heterocycles. The summed E-state index contributed by atoms with van der Waals surface area (Å²) in [6, 6.07) is 15.0. The molecule has 0 spiro atoms. The van der Waals surface area contributed by atoms with Crippen molar-refractivity contribution in [1.82, 2.24) is 5.32 Å². The first-order valence-corrected chi connectivity index (χ1v) is 8.01. The van der Waals surface area contributed by atoms with E-state index in [4.69, 9.17) is 14.2 Å². The fourth-order valence-corrected chi connectivity index (χ4v) is 2.46. The second-order valence-electron chi connectivity index (χ2n) is 5.85. The van der Waals surface area contributed by atoms with Crippen molar-refractivity contribution < 1.29 is 19.0 Å². The number of fused-ring (bicyclic) bond motifs is 1. The van der Waals surface area contributed by atoms with Crippen LogP contribution in [-0.4, -0.2) is 31.3 Å². The Labute approximate surface area is 141 Å². The quantitative estimate of drug-likeness (QED) is 0.917. The summed E-state index contributed by atoms with van der Waals surface area (Å²) < 4.78 is 17.0. The number of carbonyl (C=O) groups excluding carboxylic acids is 1. The van der Waals surface area contributed by atoms with E-state index in [2.05, 4.69) is 5.32 Å². The van der Waals surface area contributed by atoms with Crippen LogP contribution in [0.25, 0.3) is 0 Å². The molecular weight excluding hydrogens is 306 g/mol. The molecule has 1 amide bonds. The highest BCUT2D eigenvalue weighted by molar-refractivity contribution is 5.82. The van der Waals surface area contributed by atoms with Crippen LogP contribution in [0.15, 0.2) is 48.5 Å². The van der Waals surface area contributed by atoms with Crippen LogP contribution in [0.2, 0.25) is 0 Å². The van der Waals surface area contributed by atoms with E-state index in [-0.39, 0.29) is 18.6 Å². The number of aryl methyl sites for hydroxylation is 1. The summed E-state index contributed by atoms with van der Waals surface area (Å²) in [6.45, 7) is 4.48. The Morgan fingerprint density at radius 2 is 1.92 bits per heavy atom. The number of para-hydroxylation sites is 3. The maximum atomic E-state index is 12.3. The van der Waals surface area contributed by atoms with Gasteiger partial charge in [-0.3, -0.25) is 4.79 Å². The molecule has 2 atom stereocenters. The molecule has 2 aromatic carbocycles. The third-order valence-electron chi connectivity index (χ3n) is 3.77. The van der Waals surface area contributed by atoms with Crippen LogP contribution in [0.4, 0.5) is 0 Å². The van der Waals surface area contributed by atoms with E-state index in [0.717, 1.165) is 11.3 Å². The van der Waals surface area contributed by atoms with Crippen molar-refractivity contribution in [3.63, 3.8) is 0 Å². The van der Waals surface area contributed by atoms with E-state index in [1.807, 2.05) is 56.3 Å². The molecule has 126 valence electrons. The Balaban J connectivity index is 1.51. The number of carbonyl (C=O) groups is 1. The number of nitrogens with one attached hydrogen (secondary N) is 1. The number of hydrogen-bond acceptors (Lipinski definition) is 4. The van der Waals surface area contributed by atoms with Gasteiger partial charge in [-0.1, -0.05) is 30.3 Å². The molecule has 1 N–H and O–H groups in total. The van der Waals surface area contributed by atoms with Crippen LogP contribution in [0.3, 0.4) is 0 Å². The third-order valence-corrected chi connectivity index (χ3v) is 3.77. The highest BCUT2D eigenvalue weighted by Gasteiger charge is 2.28. The number of amides is 1. The molecule has 0 radical (unpaired) electrons. The van der Waals surface area contributed by atoms with Crippen molar-refractivity contribution in [2.45, 2.75) is 26.0 Å². The zero-order valence-corrected chi connectivity index (χ0v) is 13.8. The highest BCUT2D eigenvalue weighted by Crippen LogP contribution is 2.30. The van der Waals surface area contributed by atoms with Gasteiger partial charge in [0.2, 0.25) is 6.10 Å². The highest BCUT2D eigenvalue weighted by atomic mass is 16.6. The monoisotopic (exact) mass is 327 g/mol. The molecule has 0 unspecified atom stereocenters. The van der Waals surface area contributed by atoms with Gasteiger partial charge < -0.3 is 19.5 Å². The van der Waals surface area contributed by atoms with Gasteiger partial charge in [-0.15, -0.1) is 0 Å². The molecule has 2 aromatic rings. The Morgan fingerprint density at radius 3 is 2.71 bits per heavy atom. The van der Waals surface area contributed by atoms with Gasteiger partial charge in [0.05, 0.1) is 6.04 Å². The molecule has 0 aromatic heterocycles. The molecule has 0 saturated heterocycles. The molecule has 0 saturated carbocycles. The fourth-order valence-electron chi connectivity index (χ4n) is 2.46. The molecule has 1 aliphatic heterocycles. The van der Waals surface area contributed by atoms with Gasteiger partial charge in [-0.2, -0.15) is 0 Å². The van der Waals surface area contributed by atoms with Crippen LogP contribution in [0.1, 0.15) is 12.5 Å². The minimum atomic E-state index is -0.652. The molecule has 24 heavy (non-hydrogen) atoms. The van der Waals surface area contributed by atoms with Crippen LogP contribution < -0.4 is 19.5 Å². The molecule has 5 heteroatoms. The van der Waals surface area contributed by atoms with Crippen molar-refractivity contribution in [3.05, 3.63) is 54.1 Å². The Bertz CT molecular complexity index is 716.